The zero-order chi connectivity index (χ0) is 23.1. The van der Waals surface area contributed by atoms with Gasteiger partial charge >= 0.3 is 6.09 Å². The second-order valence-corrected chi connectivity index (χ2v) is 7.22. The van der Waals surface area contributed by atoms with Crippen molar-refractivity contribution >= 4 is 35.6 Å². The number of benzene rings is 2. The summed E-state index contributed by atoms with van der Waals surface area (Å²) in [6, 6.07) is 14.4. The number of aromatic amines is 1. The highest BCUT2D eigenvalue weighted by Gasteiger charge is 2.13. The average Bonchev–Trinajstić information content (AvgIpc) is 3.18. The van der Waals surface area contributed by atoms with E-state index in [1.807, 2.05) is 31.2 Å². The van der Waals surface area contributed by atoms with Gasteiger partial charge in [-0.05, 0) is 67.7 Å². The van der Waals surface area contributed by atoms with E-state index in [1.165, 1.54) is 12.0 Å². The van der Waals surface area contributed by atoms with Crippen LogP contribution < -0.4 is 15.0 Å². The predicted octanol–water partition coefficient (Wildman–Crippen LogP) is 4.24. The lowest BCUT2D eigenvalue weighted by Gasteiger charge is -2.16. The number of carbonyl (C=O) groups is 2. The number of nitrogens with one attached hydrogen (secondary N) is 2. The second kappa shape index (κ2) is 10.6. The molecule has 0 atom stereocenters. The molecule has 168 valence electrons. The number of hydrogen-bond donors (Lipinski definition) is 2. The normalized spacial score (nSPS) is 10.5. The van der Waals surface area contributed by atoms with Crippen LogP contribution in [0.25, 0.3) is 11.4 Å². The highest BCUT2D eigenvalue weighted by atomic mass is 32.1. The molecule has 10 heteroatoms. The van der Waals surface area contributed by atoms with E-state index in [1.54, 1.807) is 35.9 Å². The number of ether oxygens (including phenoxy) is 2. The van der Waals surface area contributed by atoms with Crippen molar-refractivity contribution in [3.8, 4) is 17.1 Å². The molecule has 0 saturated heterocycles. The van der Waals surface area contributed by atoms with Crippen LogP contribution in [-0.4, -0.2) is 47.5 Å². The third kappa shape index (κ3) is 5.52. The molecule has 0 fully saturated rings. The first-order valence-electron chi connectivity index (χ1n) is 10.0. The van der Waals surface area contributed by atoms with Crippen LogP contribution in [0.5, 0.6) is 5.75 Å². The van der Waals surface area contributed by atoms with E-state index in [-0.39, 0.29) is 12.3 Å². The molecular weight excluding hydrogens is 430 g/mol. The van der Waals surface area contributed by atoms with Gasteiger partial charge in [-0.3, -0.25) is 19.4 Å². The molecule has 0 aliphatic rings. The SMILES string of the molecule is CCOc1ccc(-c2n[nH]c(=S)n2CCC(=O)Nc2ccc(N(C)C(=O)OC)cc2)cc1. The quantitative estimate of drug-likeness (QED) is 0.493. The van der Waals surface area contributed by atoms with E-state index in [0.717, 1.165) is 11.3 Å². The average molecular weight is 456 g/mol. The molecule has 0 radical (unpaired) electrons. The third-order valence-corrected chi connectivity index (χ3v) is 5.04. The van der Waals surface area contributed by atoms with Gasteiger partial charge < -0.3 is 14.8 Å². The summed E-state index contributed by atoms with van der Waals surface area (Å²) in [6.07, 6.45) is -0.260. The van der Waals surface area contributed by atoms with E-state index in [9.17, 15) is 9.59 Å². The number of hydrogen-bond acceptors (Lipinski definition) is 6. The number of amides is 2. The molecule has 0 aliphatic heterocycles. The van der Waals surface area contributed by atoms with Gasteiger partial charge in [-0.15, -0.1) is 0 Å². The van der Waals surface area contributed by atoms with Crippen LogP contribution in [0.3, 0.4) is 0 Å². The molecule has 32 heavy (non-hydrogen) atoms. The molecular formula is C22H25N5O4S. The summed E-state index contributed by atoms with van der Waals surface area (Å²) in [7, 11) is 2.93. The van der Waals surface area contributed by atoms with E-state index < -0.39 is 6.09 Å². The Morgan fingerprint density at radius 1 is 1.16 bits per heavy atom. The van der Waals surface area contributed by atoms with Crippen molar-refractivity contribution in [2.45, 2.75) is 19.9 Å². The van der Waals surface area contributed by atoms with Crippen molar-refractivity contribution in [1.82, 2.24) is 14.8 Å². The molecule has 0 aliphatic carbocycles. The summed E-state index contributed by atoms with van der Waals surface area (Å²) >= 11 is 5.34. The van der Waals surface area contributed by atoms with Crippen LogP contribution in [0.15, 0.2) is 48.5 Å². The van der Waals surface area contributed by atoms with E-state index in [0.29, 0.717) is 35.1 Å². The summed E-state index contributed by atoms with van der Waals surface area (Å²) < 4.78 is 12.4. The Labute approximate surface area is 191 Å². The summed E-state index contributed by atoms with van der Waals surface area (Å²) in [6.45, 7) is 2.89. The van der Waals surface area contributed by atoms with Gasteiger partial charge in [0.25, 0.3) is 0 Å². The van der Waals surface area contributed by atoms with Crippen LogP contribution in [0.2, 0.25) is 0 Å². The van der Waals surface area contributed by atoms with Crippen LogP contribution >= 0.6 is 12.2 Å². The minimum atomic E-state index is -0.470. The maximum absolute atomic E-state index is 12.5. The van der Waals surface area contributed by atoms with Crippen LogP contribution in [-0.2, 0) is 16.1 Å². The minimum absolute atomic E-state index is 0.167. The van der Waals surface area contributed by atoms with Gasteiger partial charge in [-0.1, -0.05) is 0 Å². The Hall–Kier alpha value is -3.66. The lowest BCUT2D eigenvalue weighted by Crippen LogP contribution is -2.25. The summed E-state index contributed by atoms with van der Waals surface area (Å²) in [5, 5.41) is 9.94. The number of aromatic nitrogens is 3. The number of H-pyrrole nitrogens is 1. The van der Waals surface area contributed by atoms with Gasteiger partial charge in [-0.25, -0.2) is 4.79 Å². The zero-order valence-corrected chi connectivity index (χ0v) is 18.9. The Balaban J connectivity index is 1.62. The van der Waals surface area contributed by atoms with Gasteiger partial charge in [-0.2, -0.15) is 5.10 Å². The molecule has 0 bridgehead atoms. The topological polar surface area (TPSA) is 101 Å². The van der Waals surface area contributed by atoms with Gasteiger partial charge in [0, 0.05) is 37.0 Å². The number of rotatable bonds is 8. The lowest BCUT2D eigenvalue weighted by atomic mass is 10.2. The first-order chi connectivity index (χ1) is 15.4. The summed E-state index contributed by atoms with van der Waals surface area (Å²) in [4.78, 5) is 25.4. The van der Waals surface area contributed by atoms with E-state index in [2.05, 4.69) is 20.3 Å². The van der Waals surface area contributed by atoms with Crippen LogP contribution in [0, 0.1) is 4.77 Å². The predicted molar refractivity (Wildman–Crippen MR) is 125 cm³/mol. The number of methoxy groups -OCH3 is 1. The molecule has 9 nitrogen and oxygen atoms in total. The van der Waals surface area contributed by atoms with Crippen molar-refractivity contribution in [3.05, 3.63) is 53.3 Å². The molecule has 0 unspecified atom stereocenters. The number of carbonyl (C=O) groups excluding carboxylic acids is 2. The Kier molecular flexibility index (Phi) is 7.61. The van der Waals surface area contributed by atoms with Crippen LogP contribution in [0.4, 0.5) is 16.2 Å². The minimum Gasteiger partial charge on any atom is -0.494 e. The number of anilines is 2. The monoisotopic (exact) mass is 455 g/mol. The third-order valence-electron chi connectivity index (χ3n) is 4.73. The Morgan fingerprint density at radius 3 is 2.47 bits per heavy atom. The largest absolute Gasteiger partial charge is 0.494 e. The fourth-order valence-corrected chi connectivity index (χ4v) is 3.28. The van der Waals surface area contributed by atoms with Crippen molar-refractivity contribution in [1.29, 1.82) is 0 Å². The Bertz CT molecular complexity index is 1120. The number of nitrogens with zero attached hydrogens (tertiary/aromatic N) is 3. The van der Waals surface area contributed by atoms with Gasteiger partial charge in [0.1, 0.15) is 5.75 Å². The van der Waals surface area contributed by atoms with Crippen molar-refractivity contribution < 1.29 is 19.1 Å². The highest BCUT2D eigenvalue weighted by molar-refractivity contribution is 7.71. The van der Waals surface area contributed by atoms with Crippen molar-refractivity contribution in [2.75, 3.05) is 31.0 Å². The van der Waals surface area contributed by atoms with E-state index in [4.69, 9.17) is 17.0 Å². The van der Waals surface area contributed by atoms with E-state index >= 15 is 0 Å². The van der Waals surface area contributed by atoms with Gasteiger partial charge in [0.05, 0.1) is 13.7 Å². The molecule has 0 spiro atoms. The summed E-state index contributed by atoms with van der Waals surface area (Å²) in [5.41, 5.74) is 2.14. The highest BCUT2D eigenvalue weighted by Crippen LogP contribution is 2.22. The second-order valence-electron chi connectivity index (χ2n) is 6.84. The smallest absolute Gasteiger partial charge is 0.413 e. The molecule has 2 amide bonds. The maximum atomic E-state index is 12.5. The lowest BCUT2D eigenvalue weighted by molar-refractivity contribution is -0.116. The standard InChI is InChI=1S/C22H25N5O4S/c1-4-31-18-11-5-15(6-12-18)20-24-25-21(32)27(20)14-13-19(28)23-16-7-9-17(10-8-16)26(2)22(29)30-3/h5-12H,4,13-14H2,1-3H3,(H,23,28)(H,25,32). The first-order valence-corrected chi connectivity index (χ1v) is 10.4. The van der Waals surface area contributed by atoms with Gasteiger partial charge in [0.15, 0.2) is 10.6 Å². The summed E-state index contributed by atoms with van der Waals surface area (Å²) in [5.74, 6) is 1.26. The van der Waals surface area contributed by atoms with Crippen molar-refractivity contribution in [3.63, 3.8) is 0 Å². The molecule has 3 rings (SSSR count). The molecule has 2 aromatic carbocycles. The molecule has 1 aromatic heterocycles. The fraction of sp³-hybridized carbons (Fsp3) is 0.273. The molecule has 2 N–H and O–H groups in total. The molecule has 1 heterocycles. The first kappa shape index (κ1) is 23.0. The fourth-order valence-electron chi connectivity index (χ4n) is 3.06. The van der Waals surface area contributed by atoms with Gasteiger partial charge in [0.2, 0.25) is 5.91 Å². The van der Waals surface area contributed by atoms with Crippen LogP contribution in [0.1, 0.15) is 13.3 Å². The van der Waals surface area contributed by atoms with Crippen molar-refractivity contribution in [2.24, 2.45) is 0 Å². The molecule has 3 aromatic rings. The molecule has 0 saturated carbocycles. The maximum Gasteiger partial charge on any atom is 0.413 e. The zero-order valence-electron chi connectivity index (χ0n) is 18.1. The Morgan fingerprint density at radius 2 is 1.84 bits per heavy atom.